The van der Waals surface area contributed by atoms with E-state index in [1.807, 2.05) is 0 Å². The second kappa shape index (κ2) is 6.43. The first-order chi connectivity index (χ1) is 10.8. The molecule has 0 aliphatic heterocycles. The summed E-state index contributed by atoms with van der Waals surface area (Å²) in [6.07, 6.45) is 0. The Balaban J connectivity index is 2.60. The first-order valence-electron chi connectivity index (χ1n) is 6.22. The smallest absolute Gasteiger partial charge is 0.208 e. The molecule has 0 amide bonds. The summed E-state index contributed by atoms with van der Waals surface area (Å²) in [7, 11) is 1.04. The number of hydrogen-bond acceptors (Lipinski definition) is 2. The summed E-state index contributed by atoms with van der Waals surface area (Å²) in [6, 6.07) is 1.59. The molecule has 0 N–H and O–H groups in total. The van der Waals surface area contributed by atoms with E-state index < -0.39 is 58.9 Å². The molecule has 0 aromatic heterocycles. The van der Waals surface area contributed by atoms with Gasteiger partial charge in [-0.05, 0) is 10.9 Å². The van der Waals surface area contributed by atoms with Gasteiger partial charge in [0, 0.05) is 12.1 Å². The molecule has 0 bridgehead atoms. The van der Waals surface area contributed by atoms with Crippen LogP contribution in [0.1, 0.15) is 0 Å². The summed E-state index contributed by atoms with van der Waals surface area (Å²) in [6.45, 7) is 0. The van der Waals surface area contributed by atoms with Crippen LogP contribution in [0.2, 0.25) is 0 Å². The highest BCUT2D eigenvalue weighted by molar-refractivity contribution is 6.67. The standard InChI is InChI=1S/C14H9BF6O2/c1-22-5-3-6(16)8(7(17)4-5)15-9-10(18)12(20)13(21)14(23-2)11(9)19/h3-4,15H,1-2H3. The van der Waals surface area contributed by atoms with Crippen LogP contribution in [0.3, 0.4) is 0 Å². The van der Waals surface area contributed by atoms with Crippen molar-refractivity contribution in [2.45, 2.75) is 0 Å². The molecule has 0 heterocycles. The third-order valence-electron chi connectivity index (χ3n) is 3.22. The maximum absolute atomic E-state index is 14.0. The van der Waals surface area contributed by atoms with E-state index in [0.717, 1.165) is 19.2 Å². The topological polar surface area (TPSA) is 18.5 Å². The van der Waals surface area contributed by atoms with Gasteiger partial charge in [-0.25, -0.2) is 22.0 Å². The van der Waals surface area contributed by atoms with Crippen molar-refractivity contribution in [1.29, 1.82) is 0 Å². The van der Waals surface area contributed by atoms with Gasteiger partial charge in [-0.15, -0.1) is 0 Å². The van der Waals surface area contributed by atoms with Crippen molar-refractivity contribution in [2.75, 3.05) is 14.2 Å². The molecule has 2 rings (SSSR count). The van der Waals surface area contributed by atoms with E-state index >= 15 is 0 Å². The molecule has 0 fully saturated rings. The van der Waals surface area contributed by atoms with Gasteiger partial charge in [0.1, 0.15) is 17.4 Å². The van der Waals surface area contributed by atoms with Crippen LogP contribution in [0.15, 0.2) is 12.1 Å². The molecule has 9 heteroatoms. The fourth-order valence-electron chi connectivity index (χ4n) is 2.04. The van der Waals surface area contributed by atoms with E-state index in [1.54, 1.807) is 0 Å². The van der Waals surface area contributed by atoms with E-state index in [9.17, 15) is 26.3 Å². The molecule has 0 spiro atoms. The van der Waals surface area contributed by atoms with Gasteiger partial charge in [0.2, 0.25) is 13.1 Å². The molecule has 0 aliphatic carbocycles. The van der Waals surface area contributed by atoms with Crippen LogP contribution < -0.4 is 20.4 Å². The largest absolute Gasteiger partial charge is 0.497 e. The molecular weight excluding hydrogens is 325 g/mol. The van der Waals surface area contributed by atoms with Crippen molar-refractivity contribution in [3.63, 3.8) is 0 Å². The number of hydrogen-bond donors (Lipinski definition) is 0. The molecule has 122 valence electrons. The predicted octanol–water partition coefficient (Wildman–Crippen LogP) is 1.93. The number of halogens is 6. The van der Waals surface area contributed by atoms with E-state index in [4.69, 9.17) is 0 Å². The fourth-order valence-corrected chi connectivity index (χ4v) is 2.04. The minimum Gasteiger partial charge on any atom is -0.497 e. The molecule has 0 aliphatic rings. The van der Waals surface area contributed by atoms with Gasteiger partial charge in [-0.1, -0.05) is 0 Å². The van der Waals surface area contributed by atoms with E-state index in [0.29, 0.717) is 0 Å². The third kappa shape index (κ3) is 2.95. The Kier molecular flexibility index (Phi) is 4.77. The monoisotopic (exact) mass is 334 g/mol. The van der Waals surface area contributed by atoms with Gasteiger partial charge in [0.25, 0.3) is 0 Å². The molecule has 2 aromatic rings. The van der Waals surface area contributed by atoms with Crippen molar-refractivity contribution in [3.8, 4) is 11.5 Å². The molecule has 0 radical (unpaired) electrons. The lowest BCUT2D eigenvalue weighted by Gasteiger charge is -2.12. The van der Waals surface area contributed by atoms with Crippen molar-refractivity contribution >= 4 is 18.2 Å². The molecule has 23 heavy (non-hydrogen) atoms. The molecule has 2 nitrogen and oxygen atoms in total. The highest BCUT2D eigenvalue weighted by Gasteiger charge is 2.28. The quantitative estimate of drug-likeness (QED) is 0.368. The van der Waals surface area contributed by atoms with Crippen LogP contribution in [-0.4, -0.2) is 21.5 Å². The molecular formula is C14H9BF6O2. The Labute approximate surface area is 127 Å². The zero-order chi connectivity index (χ0) is 17.3. The van der Waals surface area contributed by atoms with Gasteiger partial charge in [0.05, 0.1) is 14.2 Å². The van der Waals surface area contributed by atoms with Gasteiger partial charge in [-0.2, -0.15) is 4.39 Å². The third-order valence-corrected chi connectivity index (χ3v) is 3.22. The minimum atomic E-state index is -1.99. The summed E-state index contributed by atoms with van der Waals surface area (Å²) >= 11 is 0. The molecule has 0 saturated heterocycles. The lowest BCUT2D eigenvalue weighted by Crippen LogP contribution is -2.37. The number of methoxy groups -OCH3 is 2. The maximum Gasteiger partial charge on any atom is 0.208 e. The second-order valence-corrected chi connectivity index (χ2v) is 4.51. The van der Waals surface area contributed by atoms with Gasteiger partial charge in [-0.3, -0.25) is 0 Å². The average molecular weight is 334 g/mol. The molecule has 2 aromatic carbocycles. The van der Waals surface area contributed by atoms with Crippen LogP contribution in [-0.2, 0) is 0 Å². The highest BCUT2D eigenvalue weighted by atomic mass is 19.2. The van der Waals surface area contributed by atoms with Gasteiger partial charge < -0.3 is 9.47 Å². The summed E-state index contributed by atoms with van der Waals surface area (Å²) in [5.74, 6) is -10.9. The van der Waals surface area contributed by atoms with Crippen molar-refractivity contribution in [1.82, 2.24) is 0 Å². The summed E-state index contributed by atoms with van der Waals surface area (Å²) in [5.41, 5.74) is -1.78. The van der Waals surface area contributed by atoms with Crippen LogP contribution in [0.25, 0.3) is 0 Å². The van der Waals surface area contributed by atoms with Gasteiger partial charge >= 0.3 is 0 Å². The SMILES string of the molecule is COc1cc(F)c(Bc2c(F)c(F)c(F)c(OC)c2F)c(F)c1. The van der Waals surface area contributed by atoms with Gasteiger partial charge in [0.15, 0.2) is 23.2 Å². The average Bonchev–Trinajstić information content (AvgIpc) is 2.52. The lowest BCUT2D eigenvalue weighted by atomic mass is 9.62. The van der Waals surface area contributed by atoms with E-state index in [1.165, 1.54) is 7.11 Å². The first-order valence-corrected chi connectivity index (χ1v) is 6.22. The molecule has 0 unspecified atom stereocenters. The zero-order valence-corrected chi connectivity index (χ0v) is 11.9. The Morgan fingerprint density at radius 2 is 1.26 bits per heavy atom. The predicted molar refractivity (Wildman–Crippen MR) is 72.2 cm³/mol. The minimum absolute atomic E-state index is 0.146. The summed E-state index contributed by atoms with van der Waals surface area (Å²) in [5, 5.41) is 0. The lowest BCUT2D eigenvalue weighted by molar-refractivity contribution is 0.338. The summed E-state index contributed by atoms with van der Waals surface area (Å²) < 4.78 is 91.2. The van der Waals surface area contributed by atoms with Crippen LogP contribution in [0.5, 0.6) is 11.5 Å². The Bertz CT molecular complexity index is 743. The van der Waals surface area contributed by atoms with E-state index in [2.05, 4.69) is 9.47 Å². The number of rotatable bonds is 4. The fraction of sp³-hybridized carbons (Fsp3) is 0.143. The van der Waals surface area contributed by atoms with Crippen LogP contribution in [0.4, 0.5) is 26.3 Å². The van der Waals surface area contributed by atoms with Crippen LogP contribution in [0, 0.1) is 34.9 Å². The Hall–Kier alpha value is -2.32. The summed E-state index contributed by atoms with van der Waals surface area (Å²) in [4.78, 5) is 0. The van der Waals surface area contributed by atoms with Crippen molar-refractivity contribution < 1.29 is 35.8 Å². The zero-order valence-electron chi connectivity index (χ0n) is 11.9. The normalized spacial score (nSPS) is 10.6. The first kappa shape index (κ1) is 17.0. The molecule has 0 atom stereocenters. The van der Waals surface area contributed by atoms with Crippen LogP contribution >= 0.6 is 0 Å². The highest BCUT2D eigenvalue weighted by Crippen LogP contribution is 2.24. The number of ether oxygens (including phenoxy) is 2. The Morgan fingerprint density at radius 1 is 0.696 bits per heavy atom. The van der Waals surface area contributed by atoms with Crippen molar-refractivity contribution in [3.05, 3.63) is 47.0 Å². The molecule has 0 saturated carbocycles. The second-order valence-electron chi connectivity index (χ2n) is 4.51. The maximum atomic E-state index is 14.0. The van der Waals surface area contributed by atoms with Crippen molar-refractivity contribution in [2.24, 2.45) is 0 Å². The number of benzene rings is 2. The Morgan fingerprint density at radius 3 is 1.74 bits per heavy atom. The van der Waals surface area contributed by atoms with E-state index in [-0.39, 0.29) is 5.75 Å².